The number of rotatable bonds is 7. The van der Waals surface area contributed by atoms with Crippen LogP contribution in [-0.4, -0.2) is 17.7 Å². The smallest absolute Gasteiger partial charge is 0.264 e. The van der Waals surface area contributed by atoms with Crippen molar-refractivity contribution >= 4 is 84.5 Å². The van der Waals surface area contributed by atoms with E-state index in [4.69, 9.17) is 32.7 Å². The summed E-state index contributed by atoms with van der Waals surface area (Å²) in [6.45, 7) is 2.76. The zero-order valence-electron chi connectivity index (χ0n) is 20.1. The van der Waals surface area contributed by atoms with Crippen LogP contribution in [0.5, 0.6) is 11.5 Å². The van der Waals surface area contributed by atoms with E-state index in [0.29, 0.717) is 50.5 Å². The molecule has 4 aromatic carbocycles. The van der Waals surface area contributed by atoms with E-state index < -0.39 is 0 Å². The second-order valence-electron chi connectivity index (χ2n) is 8.27. The third kappa shape index (κ3) is 6.02. The van der Waals surface area contributed by atoms with Crippen molar-refractivity contribution < 1.29 is 14.3 Å². The molecule has 1 aliphatic heterocycles. The van der Waals surface area contributed by atoms with E-state index in [-0.39, 0.29) is 5.91 Å². The minimum Gasteiger partial charge on any atom is -0.490 e. The summed E-state index contributed by atoms with van der Waals surface area (Å²) in [6.07, 6.45) is 1.78. The van der Waals surface area contributed by atoms with Crippen molar-refractivity contribution in [3.05, 3.63) is 103 Å². The van der Waals surface area contributed by atoms with Crippen LogP contribution in [0.25, 0.3) is 16.8 Å². The van der Waals surface area contributed by atoms with Crippen molar-refractivity contribution in [1.82, 2.24) is 5.32 Å². The Labute approximate surface area is 243 Å². The molecule has 1 aliphatic rings. The van der Waals surface area contributed by atoms with Crippen LogP contribution >= 0.6 is 50.9 Å². The van der Waals surface area contributed by atoms with Gasteiger partial charge in [0.2, 0.25) is 0 Å². The number of hydrogen-bond acceptors (Lipinski definition) is 5. The van der Waals surface area contributed by atoms with Crippen LogP contribution in [0.1, 0.15) is 18.1 Å². The molecule has 5 rings (SSSR count). The van der Waals surface area contributed by atoms with E-state index in [1.807, 2.05) is 37.3 Å². The molecule has 0 spiro atoms. The number of aliphatic imine (C=N–C) groups is 1. The number of fused-ring (bicyclic) bond motifs is 1. The van der Waals surface area contributed by atoms with Gasteiger partial charge in [0.05, 0.1) is 26.7 Å². The maximum Gasteiger partial charge on any atom is 0.264 e. The summed E-state index contributed by atoms with van der Waals surface area (Å²) in [7, 11) is 0. The van der Waals surface area contributed by atoms with Gasteiger partial charge in [0.15, 0.2) is 16.7 Å². The Morgan fingerprint density at radius 2 is 1.84 bits per heavy atom. The van der Waals surface area contributed by atoms with Gasteiger partial charge in [-0.3, -0.25) is 4.79 Å². The number of carbonyl (C=O) groups excluding carboxylic acids is 1. The average molecular weight is 628 g/mol. The van der Waals surface area contributed by atoms with Gasteiger partial charge in [-0.15, -0.1) is 0 Å². The number of thioether (sulfide) groups is 1. The standard InChI is InChI=1S/C29H21BrCl2N2O3S/c1-2-36-25-13-17(14-26-28(35)34-29(38-26)33-24-15-20(31)10-11-23(24)32)12-22(30)27(25)37-16-19-8-5-7-18-6-3-4-9-21(18)19/h3-15H,2,16H2,1H3,(H,33,34,35)/b26-14+. The summed E-state index contributed by atoms with van der Waals surface area (Å²) in [5.41, 5.74) is 2.34. The number of hydrogen-bond donors (Lipinski definition) is 1. The van der Waals surface area contributed by atoms with Crippen LogP contribution in [0, 0.1) is 0 Å². The molecule has 0 atom stereocenters. The zero-order chi connectivity index (χ0) is 26.6. The molecule has 1 saturated heterocycles. The van der Waals surface area contributed by atoms with Gasteiger partial charge in [-0.05, 0) is 92.9 Å². The summed E-state index contributed by atoms with van der Waals surface area (Å²) < 4.78 is 12.9. The summed E-state index contributed by atoms with van der Waals surface area (Å²) in [5, 5.41) is 6.45. The lowest BCUT2D eigenvalue weighted by Crippen LogP contribution is -2.19. The highest BCUT2D eigenvalue weighted by Crippen LogP contribution is 2.39. The highest BCUT2D eigenvalue weighted by molar-refractivity contribution is 9.10. The van der Waals surface area contributed by atoms with E-state index in [1.165, 1.54) is 11.8 Å². The first-order valence-electron chi connectivity index (χ1n) is 11.7. The van der Waals surface area contributed by atoms with Crippen LogP contribution in [0.15, 0.2) is 87.2 Å². The Morgan fingerprint density at radius 1 is 1.03 bits per heavy atom. The fourth-order valence-electron chi connectivity index (χ4n) is 3.96. The van der Waals surface area contributed by atoms with Crippen LogP contribution in [0.3, 0.4) is 0 Å². The Hall–Kier alpha value is -2.97. The minimum absolute atomic E-state index is 0.253. The molecule has 0 saturated carbocycles. The number of ether oxygens (including phenoxy) is 2. The molecule has 0 bridgehead atoms. The average Bonchev–Trinajstić information content (AvgIpc) is 3.24. The summed E-state index contributed by atoms with van der Waals surface area (Å²) in [5.74, 6) is 0.928. The number of nitrogens with zero attached hydrogens (tertiary/aromatic N) is 1. The lowest BCUT2D eigenvalue weighted by Gasteiger charge is -2.15. The normalized spacial score (nSPS) is 15.3. The van der Waals surface area contributed by atoms with Gasteiger partial charge < -0.3 is 14.8 Å². The Kier molecular flexibility index (Phi) is 8.29. The van der Waals surface area contributed by atoms with E-state index >= 15 is 0 Å². The minimum atomic E-state index is -0.253. The predicted octanol–water partition coefficient (Wildman–Crippen LogP) is 8.78. The van der Waals surface area contributed by atoms with Crippen molar-refractivity contribution in [2.45, 2.75) is 13.5 Å². The molecule has 5 nitrogen and oxygen atoms in total. The van der Waals surface area contributed by atoms with E-state index in [0.717, 1.165) is 26.4 Å². The molecule has 0 unspecified atom stereocenters. The summed E-state index contributed by atoms with van der Waals surface area (Å²) in [4.78, 5) is 17.6. The zero-order valence-corrected chi connectivity index (χ0v) is 24.0. The van der Waals surface area contributed by atoms with Crippen molar-refractivity contribution in [3.8, 4) is 11.5 Å². The number of halogens is 3. The summed E-state index contributed by atoms with van der Waals surface area (Å²) >= 11 is 17.1. The van der Waals surface area contributed by atoms with Crippen LogP contribution in [0.4, 0.5) is 5.69 Å². The van der Waals surface area contributed by atoms with Crippen molar-refractivity contribution in [3.63, 3.8) is 0 Å². The fourth-order valence-corrected chi connectivity index (χ4v) is 5.69. The van der Waals surface area contributed by atoms with Gasteiger partial charge in [-0.2, -0.15) is 0 Å². The highest BCUT2D eigenvalue weighted by atomic mass is 79.9. The molecule has 0 radical (unpaired) electrons. The number of carbonyl (C=O) groups is 1. The lowest BCUT2D eigenvalue weighted by atomic mass is 10.1. The van der Waals surface area contributed by atoms with Gasteiger partial charge in [0.1, 0.15) is 6.61 Å². The lowest BCUT2D eigenvalue weighted by molar-refractivity contribution is -0.115. The van der Waals surface area contributed by atoms with Gasteiger partial charge in [-0.25, -0.2) is 4.99 Å². The van der Waals surface area contributed by atoms with E-state index in [2.05, 4.69) is 50.5 Å². The first-order chi connectivity index (χ1) is 18.4. The fraction of sp³-hybridized carbons (Fsp3) is 0.103. The SMILES string of the molecule is CCOc1cc(/C=C2/SC(=Nc3cc(Cl)ccc3Cl)NC2=O)cc(Br)c1OCc1cccc2ccccc12. The molecule has 192 valence electrons. The second kappa shape index (κ2) is 11.8. The van der Waals surface area contributed by atoms with Crippen LogP contribution in [-0.2, 0) is 11.4 Å². The van der Waals surface area contributed by atoms with Crippen molar-refractivity contribution in [2.24, 2.45) is 4.99 Å². The monoisotopic (exact) mass is 626 g/mol. The van der Waals surface area contributed by atoms with Crippen molar-refractivity contribution in [1.29, 1.82) is 0 Å². The number of nitrogens with one attached hydrogen (secondary N) is 1. The van der Waals surface area contributed by atoms with Crippen LogP contribution < -0.4 is 14.8 Å². The molecule has 0 aromatic heterocycles. The number of amidine groups is 1. The molecule has 1 fully saturated rings. The van der Waals surface area contributed by atoms with Crippen LogP contribution in [0.2, 0.25) is 10.0 Å². The maximum absolute atomic E-state index is 12.7. The molecule has 1 amide bonds. The number of amides is 1. The molecule has 4 aromatic rings. The first-order valence-corrected chi connectivity index (χ1v) is 14.1. The van der Waals surface area contributed by atoms with Gasteiger partial charge in [0, 0.05) is 5.02 Å². The topological polar surface area (TPSA) is 59.9 Å². The molecule has 0 aliphatic carbocycles. The Balaban J connectivity index is 1.39. The van der Waals surface area contributed by atoms with E-state index in [9.17, 15) is 4.79 Å². The maximum atomic E-state index is 12.7. The summed E-state index contributed by atoms with van der Waals surface area (Å²) in [6, 6.07) is 23.1. The quantitative estimate of drug-likeness (QED) is 0.208. The molecule has 38 heavy (non-hydrogen) atoms. The van der Waals surface area contributed by atoms with Crippen molar-refractivity contribution in [2.75, 3.05) is 6.61 Å². The number of benzene rings is 4. The van der Waals surface area contributed by atoms with Gasteiger partial charge in [0.25, 0.3) is 5.91 Å². The predicted molar refractivity (Wildman–Crippen MR) is 161 cm³/mol. The Bertz CT molecular complexity index is 1600. The Morgan fingerprint density at radius 3 is 2.68 bits per heavy atom. The highest BCUT2D eigenvalue weighted by Gasteiger charge is 2.25. The molecular formula is C29H21BrCl2N2O3S. The third-order valence-corrected chi connectivity index (χ3v) is 7.72. The van der Waals surface area contributed by atoms with Gasteiger partial charge in [-0.1, -0.05) is 65.7 Å². The van der Waals surface area contributed by atoms with E-state index in [1.54, 1.807) is 24.3 Å². The largest absolute Gasteiger partial charge is 0.490 e. The molecule has 1 heterocycles. The second-order valence-corrected chi connectivity index (χ2v) is 11.0. The molecular weight excluding hydrogens is 607 g/mol. The van der Waals surface area contributed by atoms with Gasteiger partial charge >= 0.3 is 0 Å². The third-order valence-electron chi connectivity index (χ3n) is 5.66. The molecule has 1 N–H and O–H groups in total. The first kappa shape index (κ1) is 26.6. The molecule has 9 heteroatoms.